The second-order valence-corrected chi connectivity index (χ2v) is 4.15. The molecule has 7 nitrogen and oxygen atoms in total. The molecular formula is C13H16N2O5. The standard InChI is InChI=1S/C13H16N2O5/c1-3-6-14-13(17)9(2)20-12-5-4-11(15(18)19)7-10(12)8-16/h4-5,7-9H,3,6H2,1-2H3,(H,14,17)/t9-/m1/s1. The SMILES string of the molecule is CCCNC(=O)[C@@H](C)Oc1ccc([N+](=O)[O-])cc1C=O. The predicted octanol–water partition coefficient (Wildman–Crippen LogP) is 1.70. The van der Waals surface area contributed by atoms with Crippen LogP contribution in [0.4, 0.5) is 5.69 Å². The van der Waals surface area contributed by atoms with Crippen molar-refractivity contribution in [2.75, 3.05) is 6.54 Å². The minimum Gasteiger partial charge on any atom is -0.480 e. The van der Waals surface area contributed by atoms with Crippen LogP contribution in [-0.2, 0) is 4.79 Å². The minimum atomic E-state index is -0.790. The summed E-state index contributed by atoms with van der Waals surface area (Å²) in [5.41, 5.74) is -0.170. The average molecular weight is 280 g/mol. The van der Waals surface area contributed by atoms with Gasteiger partial charge in [0.1, 0.15) is 5.75 Å². The van der Waals surface area contributed by atoms with E-state index >= 15 is 0 Å². The van der Waals surface area contributed by atoms with E-state index < -0.39 is 11.0 Å². The third-order valence-electron chi connectivity index (χ3n) is 2.55. The topological polar surface area (TPSA) is 98.5 Å². The molecule has 0 spiro atoms. The second kappa shape index (κ2) is 7.22. The first-order chi connectivity index (χ1) is 9.49. The first-order valence-electron chi connectivity index (χ1n) is 6.17. The highest BCUT2D eigenvalue weighted by molar-refractivity contribution is 5.83. The summed E-state index contributed by atoms with van der Waals surface area (Å²) >= 11 is 0. The van der Waals surface area contributed by atoms with Crippen LogP contribution in [0.25, 0.3) is 0 Å². The number of nitro benzene ring substituents is 1. The van der Waals surface area contributed by atoms with Gasteiger partial charge in [-0.2, -0.15) is 0 Å². The van der Waals surface area contributed by atoms with Gasteiger partial charge >= 0.3 is 0 Å². The van der Waals surface area contributed by atoms with E-state index in [-0.39, 0.29) is 22.9 Å². The van der Waals surface area contributed by atoms with Crippen LogP contribution in [0.15, 0.2) is 18.2 Å². The average Bonchev–Trinajstić information content (AvgIpc) is 2.44. The van der Waals surface area contributed by atoms with Crippen molar-refractivity contribution in [2.45, 2.75) is 26.4 Å². The number of hydrogen-bond acceptors (Lipinski definition) is 5. The highest BCUT2D eigenvalue weighted by Crippen LogP contribution is 2.23. The molecule has 1 rings (SSSR count). The minimum absolute atomic E-state index is 0.0364. The Kier molecular flexibility index (Phi) is 5.64. The van der Waals surface area contributed by atoms with Crippen LogP contribution in [0, 0.1) is 10.1 Å². The normalized spacial score (nSPS) is 11.5. The van der Waals surface area contributed by atoms with E-state index in [1.54, 1.807) is 6.92 Å². The summed E-state index contributed by atoms with van der Waals surface area (Å²) in [6, 6.07) is 3.64. The van der Waals surface area contributed by atoms with Crippen molar-refractivity contribution in [3.63, 3.8) is 0 Å². The number of non-ortho nitro benzene ring substituents is 1. The molecule has 0 aliphatic carbocycles. The van der Waals surface area contributed by atoms with Gasteiger partial charge in [0.25, 0.3) is 11.6 Å². The Bertz CT molecular complexity index is 515. The van der Waals surface area contributed by atoms with Crippen molar-refractivity contribution >= 4 is 17.9 Å². The van der Waals surface area contributed by atoms with Crippen molar-refractivity contribution in [1.29, 1.82) is 0 Å². The van der Waals surface area contributed by atoms with Gasteiger partial charge in [-0.25, -0.2) is 0 Å². The Morgan fingerprint density at radius 1 is 1.55 bits per heavy atom. The summed E-state index contributed by atoms with van der Waals surface area (Å²) in [6.45, 7) is 4.00. The van der Waals surface area contributed by atoms with Crippen LogP contribution >= 0.6 is 0 Å². The van der Waals surface area contributed by atoms with Crippen molar-refractivity contribution < 1.29 is 19.2 Å². The monoisotopic (exact) mass is 280 g/mol. The van der Waals surface area contributed by atoms with Gasteiger partial charge < -0.3 is 10.1 Å². The van der Waals surface area contributed by atoms with E-state index in [2.05, 4.69) is 5.32 Å². The Morgan fingerprint density at radius 2 is 2.25 bits per heavy atom. The molecule has 7 heteroatoms. The smallest absolute Gasteiger partial charge is 0.270 e. The van der Waals surface area contributed by atoms with Gasteiger partial charge in [-0.1, -0.05) is 6.92 Å². The first-order valence-corrected chi connectivity index (χ1v) is 6.17. The molecule has 1 N–H and O–H groups in total. The highest BCUT2D eigenvalue weighted by atomic mass is 16.6. The fourth-order valence-electron chi connectivity index (χ4n) is 1.48. The Labute approximate surface area is 116 Å². The number of rotatable bonds is 7. The molecule has 0 heterocycles. The first kappa shape index (κ1) is 15.6. The Morgan fingerprint density at radius 3 is 2.80 bits per heavy atom. The molecule has 0 bridgehead atoms. The van der Waals surface area contributed by atoms with Crippen LogP contribution in [-0.4, -0.2) is 29.8 Å². The third-order valence-corrected chi connectivity index (χ3v) is 2.55. The van der Waals surface area contributed by atoms with Gasteiger partial charge in [-0.15, -0.1) is 0 Å². The van der Waals surface area contributed by atoms with E-state index in [0.717, 1.165) is 12.5 Å². The van der Waals surface area contributed by atoms with Gasteiger partial charge in [0, 0.05) is 18.7 Å². The third kappa shape index (κ3) is 4.04. The van der Waals surface area contributed by atoms with Crippen LogP contribution in [0.5, 0.6) is 5.75 Å². The summed E-state index contributed by atoms with van der Waals surface area (Å²) in [4.78, 5) is 32.6. The molecule has 0 aromatic heterocycles. The van der Waals surface area contributed by atoms with Crippen molar-refractivity contribution in [3.05, 3.63) is 33.9 Å². The second-order valence-electron chi connectivity index (χ2n) is 4.15. The number of nitrogens with zero attached hydrogens (tertiary/aromatic N) is 1. The van der Waals surface area contributed by atoms with E-state index in [4.69, 9.17) is 4.74 Å². The summed E-state index contributed by atoms with van der Waals surface area (Å²) in [5, 5.41) is 13.3. The maximum Gasteiger partial charge on any atom is 0.270 e. The zero-order valence-electron chi connectivity index (χ0n) is 11.3. The maximum atomic E-state index is 11.6. The molecule has 108 valence electrons. The molecule has 1 amide bonds. The predicted molar refractivity (Wildman–Crippen MR) is 71.9 cm³/mol. The van der Waals surface area contributed by atoms with Gasteiger partial charge in [-0.05, 0) is 19.4 Å². The lowest BCUT2D eigenvalue weighted by atomic mass is 10.2. The molecule has 0 aliphatic heterocycles. The summed E-state index contributed by atoms with van der Waals surface area (Å²) in [7, 11) is 0. The van der Waals surface area contributed by atoms with Crippen LogP contribution in [0.3, 0.4) is 0 Å². The molecule has 0 aliphatic rings. The molecule has 1 atom stereocenters. The van der Waals surface area contributed by atoms with E-state index in [9.17, 15) is 19.7 Å². The van der Waals surface area contributed by atoms with Crippen molar-refractivity contribution in [3.8, 4) is 5.75 Å². The molecule has 20 heavy (non-hydrogen) atoms. The molecule has 0 radical (unpaired) electrons. The van der Waals surface area contributed by atoms with E-state index in [0.29, 0.717) is 12.8 Å². The van der Waals surface area contributed by atoms with Gasteiger partial charge in [0.05, 0.1) is 10.5 Å². The number of amides is 1. The fourth-order valence-corrected chi connectivity index (χ4v) is 1.48. The number of ether oxygens (including phenoxy) is 1. The zero-order chi connectivity index (χ0) is 15.1. The van der Waals surface area contributed by atoms with Crippen LogP contribution in [0.1, 0.15) is 30.6 Å². The summed E-state index contributed by atoms with van der Waals surface area (Å²) in [5.74, 6) is -0.160. The maximum absolute atomic E-state index is 11.6. The molecule has 0 fully saturated rings. The molecule has 1 aromatic rings. The Hall–Kier alpha value is -2.44. The number of benzene rings is 1. The number of carbonyl (C=O) groups excluding carboxylic acids is 2. The van der Waals surface area contributed by atoms with Crippen molar-refractivity contribution in [1.82, 2.24) is 5.32 Å². The summed E-state index contributed by atoms with van der Waals surface area (Å²) < 4.78 is 5.36. The van der Waals surface area contributed by atoms with E-state index in [1.165, 1.54) is 12.1 Å². The van der Waals surface area contributed by atoms with Crippen molar-refractivity contribution in [2.24, 2.45) is 0 Å². The van der Waals surface area contributed by atoms with Crippen LogP contribution in [0.2, 0.25) is 0 Å². The van der Waals surface area contributed by atoms with Crippen LogP contribution < -0.4 is 10.1 Å². The Balaban J connectivity index is 2.84. The highest BCUT2D eigenvalue weighted by Gasteiger charge is 2.17. The molecular weight excluding hydrogens is 264 g/mol. The number of nitro groups is 1. The number of hydrogen-bond donors (Lipinski definition) is 1. The zero-order valence-corrected chi connectivity index (χ0v) is 11.3. The van der Waals surface area contributed by atoms with Gasteiger partial charge in [0.15, 0.2) is 12.4 Å². The van der Waals surface area contributed by atoms with E-state index in [1.807, 2.05) is 6.92 Å². The largest absolute Gasteiger partial charge is 0.480 e. The number of carbonyl (C=O) groups is 2. The lowest BCUT2D eigenvalue weighted by Gasteiger charge is -2.15. The molecule has 0 unspecified atom stereocenters. The lowest BCUT2D eigenvalue weighted by molar-refractivity contribution is -0.384. The van der Waals surface area contributed by atoms with Gasteiger partial charge in [-0.3, -0.25) is 19.7 Å². The van der Waals surface area contributed by atoms with Gasteiger partial charge in [0.2, 0.25) is 0 Å². The quantitative estimate of drug-likeness (QED) is 0.465. The number of nitrogens with one attached hydrogen (secondary N) is 1. The molecule has 0 saturated heterocycles. The summed E-state index contributed by atoms with van der Waals surface area (Å²) in [6.07, 6.45) is 0.468. The molecule has 1 aromatic carbocycles. The molecule has 0 saturated carbocycles. The fraction of sp³-hybridized carbons (Fsp3) is 0.385. The number of aldehydes is 1. The lowest BCUT2D eigenvalue weighted by Crippen LogP contribution is -2.36.